The number of thiazole rings is 1. The summed E-state index contributed by atoms with van der Waals surface area (Å²) in [4.78, 5) is 46.1. The Morgan fingerprint density at radius 3 is 2.43 bits per heavy atom. The number of fused-ring (bicyclic) bond motifs is 1. The molecule has 0 saturated carbocycles. The van der Waals surface area contributed by atoms with E-state index in [0.29, 0.717) is 42.5 Å². The molecule has 11 heteroatoms. The maximum absolute atomic E-state index is 14.5. The number of rotatable bonds is 8. The van der Waals surface area contributed by atoms with E-state index in [1.54, 1.807) is 31.2 Å². The van der Waals surface area contributed by atoms with Crippen LogP contribution in [0.15, 0.2) is 88.2 Å². The molecule has 9 nitrogen and oxygen atoms in total. The first-order valence-electron chi connectivity index (χ1n) is 15.6. The molecule has 2 aromatic heterocycles. The SMILES string of the molecule is CCOC(=O)C1=C(c2ccccc2)N=c2s/c(=C\c3cc(C)n(-c4cccc(C(=O)OC)c4C)c3C)c(=O)n2[C@@H]1c1cc(Cl)ccc1OC. The minimum Gasteiger partial charge on any atom is -0.496 e. The van der Waals surface area contributed by atoms with Crippen LogP contribution in [0.5, 0.6) is 5.75 Å². The number of esters is 2. The maximum Gasteiger partial charge on any atom is 0.338 e. The summed E-state index contributed by atoms with van der Waals surface area (Å²) in [7, 11) is 2.89. The summed E-state index contributed by atoms with van der Waals surface area (Å²) in [6, 6.07) is 21.0. The van der Waals surface area contributed by atoms with Crippen molar-refractivity contribution in [2.24, 2.45) is 4.99 Å². The van der Waals surface area contributed by atoms with E-state index >= 15 is 0 Å². The fourth-order valence-corrected chi connectivity index (χ4v) is 7.47. The number of nitrogens with zero attached hydrogens (tertiary/aromatic N) is 3. The van der Waals surface area contributed by atoms with Gasteiger partial charge in [-0.1, -0.05) is 59.3 Å². The summed E-state index contributed by atoms with van der Waals surface area (Å²) >= 11 is 7.74. The number of hydrogen-bond acceptors (Lipinski definition) is 8. The summed E-state index contributed by atoms with van der Waals surface area (Å²) in [5.74, 6) is -0.557. The van der Waals surface area contributed by atoms with Crippen molar-refractivity contribution in [1.82, 2.24) is 9.13 Å². The van der Waals surface area contributed by atoms with Gasteiger partial charge in [-0.3, -0.25) is 9.36 Å². The molecular formula is C38H34ClN3O6S. The topological polar surface area (TPSA) is 101 Å². The molecule has 1 aliphatic rings. The average Bonchev–Trinajstić information content (AvgIpc) is 3.56. The Labute approximate surface area is 292 Å². The van der Waals surface area contributed by atoms with Gasteiger partial charge < -0.3 is 18.8 Å². The monoisotopic (exact) mass is 695 g/mol. The lowest BCUT2D eigenvalue weighted by molar-refractivity contribution is -0.138. The molecule has 0 aliphatic carbocycles. The van der Waals surface area contributed by atoms with Gasteiger partial charge in [-0.05, 0) is 81.3 Å². The van der Waals surface area contributed by atoms with Crippen LogP contribution in [0.25, 0.3) is 17.5 Å². The summed E-state index contributed by atoms with van der Waals surface area (Å²) in [6.07, 6.45) is 1.84. The van der Waals surface area contributed by atoms with E-state index in [0.717, 1.165) is 28.2 Å². The van der Waals surface area contributed by atoms with Crippen molar-refractivity contribution in [1.29, 1.82) is 0 Å². The molecule has 3 heterocycles. The summed E-state index contributed by atoms with van der Waals surface area (Å²) in [5, 5.41) is 0.415. The van der Waals surface area contributed by atoms with Crippen LogP contribution in [0, 0.1) is 20.8 Å². The Kier molecular flexibility index (Phi) is 9.45. The highest BCUT2D eigenvalue weighted by Gasteiger charge is 2.37. The first-order chi connectivity index (χ1) is 23.6. The zero-order chi connectivity index (χ0) is 35.0. The number of aryl methyl sites for hydroxylation is 1. The highest BCUT2D eigenvalue weighted by atomic mass is 35.5. The van der Waals surface area contributed by atoms with Gasteiger partial charge in [0.2, 0.25) is 0 Å². The quantitative estimate of drug-likeness (QED) is 0.182. The van der Waals surface area contributed by atoms with Gasteiger partial charge in [0.1, 0.15) is 11.8 Å². The third-order valence-corrected chi connectivity index (χ3v) is 9.79. The fourth-order valence-electron chi connectivity index (χ4n) is 6.30. The van der Waals surface area contributed by atoms with Crippen molar-refractivity contribution < 1.29 is 23.8 Å². The predicted octanol–water partition coefficient (Wildman–Crippen LogP) is 6.10. The maximum atomic E-state index is 14.5. The molecule has 5 aromatic rings. The van der Waals surface area contributed by atoms with Crippen molar-refractivity contribution in [2.45, 2.75) is 33.7 Å². The Morgan fingerprint density at radius 2 is 1.73 bits per heavy atom. The number of methoxy groups -OCH3 is 2. The smallest absolute Gasteiger partial charge is 0.338 e. The van der Waals surface area contributed by atoms with Gasteiger partial charge in [0.05, 0.1) is 42.2 Å². The third kappa shape index (κ3) is 6.02. The fraction of sp³-hybridized carbons (Fsp3) is 0.211. The Morgan fingerprint density at radius 1 is 0.980 bits per heavy atom. The molecule has 0 radical (unpaired) electrons. The van der Waals surface area contributed by atoms with Gasteiger partial charge in [-0.15, -0.1) is 0 Å². The van der Waals surface area contributed by atoms with Crippen LogP contribution in [0.2, 0.25) is 5.02 Å². The molecule has 0 saturated heterocycles. The third-order valence-electron chi connectivity index (χ3n) is 8.57. The standard InChI is InChI=1S/C38H34ClN3O6S/c1-7-48-37(45)32-33(24-12-9-8-10-13-24)40-38-42(34(32)28-20-26(39)16-17-30(28)46-5)35(43)31(49-38)19-25-18-21(2)41(23(25)4)29-15-11-14-27(22(29)3)36(44)47-6/h8-20,34H,7H2,1-6H3/b31-19-/t34-/m1/s1. The lowest BCUT2D eigenvalue weighted by Gasteiger charge is -2.27. The highest BCUT2D eigenvalue weighted by molar-refractivity contribution is 7.07. The van der Waals surface area contributed by atoms with E-state index in [9.17, 15) is 14.4 Å². The molecular weight excluding hydrogens is 662 g/mol. The Bertz CT molecular complexity index is 2330. The van der Waals surface area contributed by atoms with E-state index < -0.39 is 18.0 Å². The van der Waals surface area contributed by atoms with Gasteiger partial charge in [-0.2, -0.15) is 0 Å². The van der Waals surface area contributed by atoms with Crippen LogP contribution < -0.4 is 19.6 Å². The predicted molar refractivity (Wildman–Crippen MR) is 190 cm³/mol. The molecule has 250 valence electrons. The second kappa shape index (κ2) is 13.7. The summed E-state index contributed by atoms with van der Waals surface area (Å²) < 4.78 is 20.3. The van der Waals surface area contributed by atoms with Crippen LogP contribution >= 0.6 is 22.9 Å². The van der Waals surface area contributed by atoms with Gasteiger partial charge in [-0.25, -0.2) is 14.6 Å². The van der Waals surface area contributed by atoms with Crippen molar-refractivity contribution in [3.63, 3.8) is 0 Å². The molecule has 1 atom stereocenters. The average molecular weight is 696 g/mol. The zero-order valence-corrected chi connectivity index (χ0v) is 29.4. The Hall–Kier alpha value is -5.19. The molecule has 0 amide bonds. The molecule has 0 N–H and O–H groups in total. The molecule has 0 spiro atoms. The highest BCUT2D eigenvalue weighted by Crippen LogP contribution is 2.40. The second-order valence-electron chi connectivity index (χ2n) is 11.4. The van der Waals surface area contributed by atoms with Crippen LogP contribution in [-0.2, 0) is 14.3 Å². The molecule has 1 aliphatic heterocycles. The van der Waals surface area contributed by atoms with Crippen LogP contribution in [0.1, 0.15) is 57.0 Å². The number of hydrogen-bond donors (Lipinski definition) is 0. The minimum atomic E-state index is -0.947. The number of ether oxygens (including phenoxy) is 3. The molecule has 0 fully saturated rings. The number of carbonyl (C=O) groups excluding carboxylic acids is 2. The van der Waals surface area contributed by atoms with Crippen LogP contribution in [0.4, 0.5) is 0 Å². The van der Waals surface area contributed by atoms with E-state index in [-0.39, 0.29) is 17.7 Å². The Balaban J connectivity index is 1.61. The van der Waals surface area contributed by atoms with E-state index in [1.807, 2.05) is 75.4 Å². The number of benzene rings is 3. The lowest BCUT2D eigenvalue weighted by atomic mass is 9.92. The van der Waals surface area contributed by atoms with Crippen molar-refractivity contribution in [3.05, 3.63) is 142 Å². The summed E-state index contributed by atoms with van der Waals surface area (Å²) in [5.41, 5.74) is 6.17. The first kappa shape index (κ1) is 33.7. The largest absolute Gasteiger partial charge is 0.496 e. The van der Waals surface area contributed by atoms with Gasteiger partial charge in [0.15, 0.2) is 4.80 Å². The molecule has 0 bridgehead atoms. The van der Waals surface area contributed by atoms with Gasteiger partial charge in [0.25, 0.3) is 5.56 Å². The second-order valence-corrected chi connectivity index (χ2v) is 12.9. The first-order valence-corrected chi connectivity index (χ1v) is 16.8. The minimum absolute atomic E-state index is 0.131. The molecule has 0 unspecified atom stereocenters. The van der Waals surface area contributed by atoms with Crippen molar-refractivity contribution >= 4 is 46.6 Å². The van der Waals surface area contributed by atoms with E-state index in [4.69, 9.17) is 30.8 Å². The number of carbonyl (C=O) groups is 2. The number of halogens is 1. The lowest BCUT2D eigenvalue weighted by Crippen LogP contribution is -2.40. The zero-order valence-electron chi connectivity index (χ0n) is 27.9. The normalized spacial score (nSPS) is 14.3. The number of aromatic nitrogens is 2. The van der Waals surface area contributed by atoms with Crippen molar-refractivity contribution in [3.8, 4) is 11.4 Å². The van der Waals surface area contributed by atoms with Crippen LogP contribution in [0.3, 0.4) is 0 Å². The van der Waals surface area contributed by atoms with Crippen LogP contribution in [-0.4, -0.2) is 41.9 Å². The summed E-state index contributed by atoms with van der Waals surface area (Å²) in [6.45, 7) is 7.68. The molecule has 49 heavy (non-hydrogen) atoms. The van der Waals surface area contributed by atoms with E-state index in [1.165, 1.54) is 30.1 Å². The van der Waals surface area contributed by atoms with Crippen molar-refractivity contribution in [2.75, 3.05) is 20.8 Å². The van der Waals surface area contributed by atoms with Gasteiger partial charge in [0, 0.05) is 33.2 Å². The van der Waals surface area contributed by atoms with E-state index in [2.05, 4.69) is 4.57 Å². The van der Waals surface area contributed by atoms with Gasteiger partial charge >= 0.3 is 11.9 Å². The molecule has 6 rings (SSSR count). The molecule has 3 aromatic carbocycles.